The third-order valence-corrected chi connectivity index (χ3v) is 5.55. The number of hydrogen-bond acceptors (Lipinski definition) is 2. The second-order valence-electron chi connectivity index (χ2n) is 7.97. The molecule has 4 atom stereocenters. The zero-order valence-corrected chi connectivity index (χ0v) is 14.4. The van der Waals surface area contributed by atoms with E-state index in [1.807, 2.05) is 0 Å². The summed E-state index contributed by atoms with van der Waals surface area (Å²) in [6.07, 6.45) is 8.52. The van der Waals surface area contributed by atoms with Crippen LogP contribution in [0.15, 0.2) is 0 Å². The topological polar surface area (TPSA) is 15.3 Å². The monoisotopic (exact) mass is 280 g/mol. The van der Waals surface area contributed by atoms with Crippen molar-refractivity contribution in [2.24, 2.45) is 17.8 Å². The molecule has 0 spiro atoms. The van der Waals surface area contributed by atoms with Crippen molar-refractivity contribution in [3.05, 3.63) is 0 Å². The maximum Gasteiger partial charge on any atom is 0.0278 e. The van der Waals surface area contributed by atoms with Crippen LogP contribution in [-0.2, 0) is 0 Å². The average Bonchev–Trinajstić information content (AvgIpc) is 2.89. The van der Waals surface area contributed by atoms with Crippen molar-refractivity contribution in [1.82, 2.24) is 10.2 Å². The van der Waals surface area contributed by atoms with Crippen molar-refractivity contribution >= 4 is 0 Å². The summed E-state index contributed by atoms with van der Waals surface area (Å²) in [6, 6.07) is 2.30. The Kier molecular flexibility index (Phi) is 5.92. The Morgan fingerprint density at radius 1 is 1.10 bits per heavy atom. The average molecular weight is 281 g/mol. The van der Waals surface area contributed by atoms with Gasteiger partial charge in [0.25, 0.3) is 0 Å². The maximum absolute atomic E-state index is 3.65. The van der Waals surface area contributed by atoms with Gasteiger partial charge in [-0.2, -0.15) is 0 Å². The molecule has 0 saturated heterocycles. The standard InChI is InChI=1S/C18H36N2/c1-13(2)12-20(16-8-6-7-9-16)18-15(4)10-14(3)11-17(18)19-5/h13-19H,6-12H2,1-5H3. The smallest absolute Gasteiger partial charge is 0.0278 e. The van der Waals surface area contributed by atoms with Crippen molar-refractivity contribution in [3.63, 3.8) is 0 Å². The lowest BCUT2D eigenvalue weighted by atomic mass is 9.75. The molecule has 0 aromatic carbocycles. The van der Waals surface area contributed by atoms with Crippen molar-refractivity contribution < 1.29 is 0 Å². The maximum atomic E-state index is 3.65. The second kappa shape index (κ2) is 7.26. The highest BCUT2D eigenvalue weighted by Gasteiger charge is 2.40. The van der Waals surface area contributed by atoms with E-state index in [2.05, 4.69) is 45.0 Å². The Morgan fingerprint density at radius 3 is 2.30 bits per heavy atom. The summed E-state index contributed by atoms with van der Waals surface area (Å²) in [6.45, 7) is 11.0. The molecule has 0 aromatic heterocycles. The van der Waals surface area contributed by atoms with E-state index in [1.54, 1.807) is 0 Å². The first kappa shape index (κ1) is 16.3. The number of nitrogens with one attached hydrogen (secondary N) is 1. The van der Waals surface area contributed by atoms with Gasteiger partial charge >= 0.3 is 0 Å². The van der Waals surface area contributed by atoms with Gasteiger partial charge in [0.05, 0.1) is 0 Å². The molecular weight excluding hydrogens is 244 g/mol. The second-order valence-corrected chi connectivity index (χ2v) is 7.97. The van der Waals surface area contributed by atoms with Gasteiger partial charge in [0, 0.05) is 24.7 Å². The molecule has 2 heteroatoms. The third-order valence-electron chi connectivity index (χ3n) is 5.55. The number of nitrogens with zero attached hydrogens (tertiary/aromatic N) is 1. The van der Waals surface area contributed by atoms with Crippen LogP contribution in [-0.4, -0.2) is 36.6 Å². The summed E-state index contributed by atoms with van der Waals surface area (Å²) < 4.78 is 0. The van der Waals surface area contributed by atoms with Crippen molar-refractivity contribution in [3.8, 4) is 0 Å². The highest BCUT2D eigenvalue weighted by molar-refractivity contribution is 4.96. The summed E-state index contributed by atoms with van der Waals surface area (Å²) in [7, 11) is 2.17. The molecule has 0 aliphatic heterocycles. The van der Waals surface area contributed by atoms with Gasteiger partial charge in [-0.05, 0) is 50.5 Å². The highest BCUT2D eigenvalue weighted by Crippen LogP contribution is 2.36. The Labute approximate surface area is 126 Å². The van der Waals surface area contributed by atoms with Crippen molar-refractivity contribution in [2.75, 3.05) is 13.6 Å². The van der Waals surface area contributed by atoms with Crippen LogP contribution in [0.2, 0.25) is 0 Å². The molecule has 2 saturated carbocycles. The molecule has 2 aliphatic carbocycles. The lowest BCUT2D eigenvalue weighted by Gasteiger charge is -2.48. The SMILES string of the molecule is CNC1CC(C)CC(C)C1N(CC(C)C)C1CCCC1. The van der Waals surface area contributed by atoms with Gasteiger partial charge in [-0.3, -0.25) is 4.90 Å². The molecule has 0 amide bonds. The minimum absolute atomic E-state index is 0.688. The normalized spacial score (nSPS) is 36.1. The van der Waals surface area contributed by atoms with E-state index in [9.17, 15) is 0 Å². The fraction of sp³-hybridized carbons (Fsp3) is 1.00. The lowest BCUT2D eigenvalue weighted by Crippen LogP contribution is -2.59. The Morgan fingerprint density at radius 2 is 1.75 bits per heavy atom. The van der Waals surface area contributed by atoms with Crippen LogP contribution < -0.4 is 5.32 Å². The largest absolute Gasteiger partial charge is 0.315 e. The van der Waals surface area contributed by atoms with Gasteiger partial charge in [-0.15, -0.1) is 0 Å². The molecule has 0 heterocycles. The number of hydrogen-bond donors (Lipinski definition) is 1. The minimum Gasteiger partial charge on any atom is -0.315 e. The van der Waals surface area contributed by atoms with Gasteiger partial charge in [0.2, 0.25) is 0 Å². The van der Waals surface area contributed by atoms with Crippen molar-refractivity contribution in [1.29, 1.82) is 0 Å². The van der Waals surface area contributed by atoms with E-state index in [0.29, 0.717) is 6.04 Å². The van der Waals surface area contributed by atoms with Crippen LogP contribution in [0.3, 0.4) is 0 Å². The first-order valence-corrected chi connectivity index (χ1v) is 8.96. The zero-order chi connectivity index (χ0) is 14.7. The van der Waals surface area contributed by atoms with Gasteiger partial charge < -0.3 is 5.32 Å². The van der Waals surface area contributed by atoms with Gasteiger partial charge in [0.1, 0.15) is 0 Å². The first-order chi connectivity index (χ1) is 9.52. The molecule has 2 aliphatic rings. The molecule has 0 bridgehead atoms. The minimum atomic E-state index is 0.688. The summed E-state index contributed by atoms with van der Waals surface area (Å²) >= 11 is 0. The van der Waals surface area contributed by atoms with Crippen LogP contribution in [0.1, 0.15) is 66.2 Å². The predicted molar refractivity (Wildman–Crippen MR) is 88.0 cm³/mol. The van der Waals surface area contributed by atoms with E-state index in [-0.39, 0.29) is 0 Å². The summed E-state index contributed by atoms with van der Waals surface area (Å²) in [5.41, 5.74) is 0. The number of likely N-dealkylation sites (N-methyl/N-ethyl adjacent to an activating group) is 1. The molecular formula is C18H36N2. The lowest BCUT2D eigenvalue weighted by molar-refractivity contribution is 0.0252. The van der Waals surface area contributed by atoms with Gasteiger partial charge in [-0.1, -0.05) is 40.5 Å². The van der Waals surface area contributed by atoms with E-state index >= 15 is 0 Å². The van der Waals surface area contributed by atoms with Gasteiger partial charge in [0.15, 0.2) is 0 Å². The molecule has 1 N–H and O–H groups in total. The van der Waals surface area contributed by atoms with E-state index in [1.165, 1.54) is 45.1 Å². The van der Waals surface area contributed by atoms with Crippen LogP contribution in [0.5, 0.6) is 0 Å². The van der Waals surface area contributed by atoms with E-state index < -0.39 is 0 Å². The molecule has 2 rings (SSSR count). The molecule has 0 aromatic rings. The molecule has 0 radical (unpaired) electrons. The quantitative estimate of drug-likeness (QED) is 0.821. The molecule has 118 valence electrons. The van der Waals surface area contributed by atoms with Crippen LogP contribution in [0, 0.1) is 17.8 Å². The summed E-state index contributed by atoms with van der Waals surface area (Å²) in [4.78, 5) is 2.91. The molecule has 20 heavy (non-hydrogen) atoms. The first-order valence-electron chi connectivity index (χ1n) is 8.96. The zero-order valence-electron chi connectivity index (χ0n) is 14.4. The van der Waals surface area contributed by atoms with Crippen molar-refractivity contribution in [2.45, 2.75) is 84.3 Å². The fourth-order valence-corrected chi connectivity index (χ4v) is 4.86. The predicted octanol–water partition coefficient (Wildman–Crippen LogP) is 3.91. The van der Waals surface area contributed by atoms with Crippen LogP contribution in [0.25, 0.3) is 0 Å². The molecule has 2 nitrogen and oxygen atoms in total. The Bertz CT molecular complexity index is 283. The molecule has 4 unspecified atom stereocenters. The Balaban J connectivity index is 2.15. The highest BCUT2D eigenvalue weighted by atomic mass is 15.2. The fourth-order valence-electron chi connectivity index (χ4n) is 4.86. The summed E-state index contributed by atoms with van der Waals surface area (Å²) in [5, 5.41) is 3.65. The van der Waals surface area contributed by atoms with Crippen LogP contribution in [0.4, 0.5) is 0 Å². The molecule has 2 fully saturated rings. The summed E-state index contributed by atoms with van der Waals surface area (Å²) in [5.74, 6) is 2.48. The van der Waals surface area contributed by atoms with E-state index in [4.69, 9.17) is 0 Å². The van der Waals surface area contributed by atoms with Crippen LogP contribution >= 0.6 is 0 Å². The van der Waals surface area contributed by atoms with E-state index in [0.717, 1.165) is 29.8 Å². The number of rotatable bonds is 5. The van der Waals surface area contributed by atoms with Gasteiger partial charge in [-0.25, -0.2) is 0 Å². The Hall–Kier alpha value is -0.0800. The third kappa shape index (κ3) is 3.76.